The first-order valence-electron chi connectivity index (χ1n) is 8.96. The molecule has 0 spiro atoms. The number of amides is 1. The average Bonchev–Trinajstić information content (AvgIpc) is 3.31. The first kappa shape index (κ1) is 22.6. The average molecular weight is 380 g/mol. The van der Waals surface area contributed by atoms with E-state index in [1.54, 1.807) is 24.5 Å². The van der Waals surface area contributed by atoms with E-state index < -0.39 is 5.91 Å². The number of hydrogen-bond donors (Lipinski definition) is 4. The predicted octanol–water partition coefficient (Wildman–Crippen LogP) is 1.13. The summed E-state index contributed by atoms with van der Waals surface area (Å²) in [5.41, 5.74) is 12.4. The van der Waals surface area contributed by atoms with Crippen LogP contribution in [0.25, 0.3) is 0 Å². The van der Waals surface area contributed by atoms with Crippen molar-refractivity contribution in [2.24, 2.45) is 29.1 Å². The number of allylic oxidation sites excluding steroid dienone is 1. The molecule has 7 N–H and O–H groups in total. The summed E-state index contributed by atoms with van der Waals surface area (Å²) in [6.45, 7) is 5.68. The van der Waals surface area contributed by atoms with Gasteiger partial charge in [-0.05, 0) is 36.3 Å². The quantitative estimate of drug-likeness (QED) is 0.268. The number of hydrogen-bond acceptors (Lipinski definition) is 6. The first-order valence-corrected chi connectivity index (χ1v) is 8.96. The number of hydrazine groups is 1. The topological polar surface area (TPSA) is 133 Å². The van der Waals surface area contributed by atoms with Crippen LogP contribution in [-0.4, -0.2) is 24.9 Å². The Balaban J connectivity index is 0.000000211. The van der Waals surface area contributed by atoms with Gasteiger partial charge in [0.2, 0.25) is 0 Å². The lowest BCUT2D eigenvalue weighted by molar-refractivity contribution is -0.119. The zero-order chi connectivity index (χ0) is 20.4. The Morgan fingerprint density at radius 1 is 1.15 bits per heavy atom. The minimum Gasteiger partial charge on any atom is -0.394 e. The Bertz CT molecular complexity index is 647. The lowest BCUT2D eigenvalue weighted by Gasteiger charge is -2.03. The van der Waals surface area contributed by atoms with Crippen molar-refractivity contribution < 1.29 is 18.7 Å². The van der Waals surface area contributed by atoms with Gasteiger partial charge in [0.15, 0.2) is 5.78 Å². The molecule has 0 bridgehead atoms. The van der Waals surface area contributed by atoms with Gasteiger partial charge in [-0.1, -0.05) is 32.0 Å². The Morgan fingerprint density at radius 2 is 1.74 bits per heavy atom. The molecule has 1 saturated heterocycles. The summed E-state index contributed by atoms with van der Waals surface area (Å²) in [5, 5.41) is 0. The highest BCUT2D eigenvalue weighted by atomic mass is 19.1. The lowest BCUT2D eigenvalue weighted by atomic mass is 10.2. The third kappa shape index (κ3) is 7.36. The van der Waals surface area contributed by atoms with Crippen LogP contribution in [0.3, 0.4) is 0 Å². The smallest absolute Gasteiger partial charge is 0.283 e. The molecule has 150 valence electrons. The number of ether oxygens (including phenoxy) is 1. The van der Waals surface area contributed by atoms with Crippen molar-refractivity contribution in [2.45, 2.75) is 33.1 Å². The molecule has 1 aliphatic carbocycles. The summed E-state index contributed by atoms with van der Waals surface area (Å²) >= 11 is 0. The largest absolute Gasteiger partial charge is 0.394 e. The number of aryl methyl sites for hydroxylation is 1. The van der Waals surface area contributed by atoms with E-state index in [2.05, 4.69) is 0 Å². The highest BCUT2D eigenvalue weighted by Gasteiger charge is 2.41. The molecular formula is C19H29FN4O3. The zero-order valence-electron chi connectivity index (χ0n) is 15.8. The standard InChI is InChI=1S/C8H9F.C6H12N4O2.C5H8O/c1-2-7-5-3-4-6-8(7)9;1-2-3(11)4(7)5(8)6(12)10-9;1-4-2-6-3-5(1)4/h3-6H,2H2,1H3;2,7-9H2,1H3,(H,10,12);4-5H,1-3H2/b;5-4+;. The van der Waals surface area contributed by atoms with Crippen LogP contribution in [0, 0.1) is 17.7 Å². The SMILES string of the molecule is C1OCC2CC12.CCC(=O)/C(N)=C(\N)C(=O)NN.CCc1ccccc1F. The number of ketones is 1. The van der Waals surface area contributed by atoms with Gasteiger partial charge in [0.05, 0.1) is 0 Å². The second-order valence-electron chi connectivity index (χ2n) is 6.32. The number of fused-ring (bicyclic) bond motifs is 1. The fourth-order valence-corrected chi connectivity index (χ4v) is 2.42. The van der Waals surface area contributed by atoms with E-state index in [9.17, 15) is 14.0 Å². The van der Waals surface area contributed by atoms with E-state index >= 15 is 0 Å². The fourth-order valence-electron chi connectivity index (χ4n) is 2.42. The summed E-state index contributed by atoms with van der Waals surface area (Å²) in [6, 6.07) is 6.84. The van der Waals surface area contributed by atoms with Crippen molar-refractivity contribution in [1.29, 1.82) is 0 Å². The molecule has 1 aliphatic heterocycles. The van der Waals surface area contributed by atoms with E-state index in [-0.39, 0.29) is 29.4 Å². The van der Waals surface area contributed by atoms with Crippen molar-refractivity contribution in [3.63, 3.8) is 0 Å². The van der Waals surface area contributed by atoms with Gasteiger partial charge < -0.3 is 16.2 Å². The highest BCUT2D eigenvalue weighted by Crippen LogP contribution is 2.43. The van der Waals surface area contributed by atoms with Crippen LogP contribution in [0.5, 0.6) is 0 Å². The molecule has 0 aromatic heterocycles. The van der Waals surface area contributed by atoms with Crippen molar-refractivity contribution in [3.05, 3.63) is 47.0 Å². The maximum atomic E-state index is 12.6. The number of halogens is 1. The van der Waals surface area contributed by atoms with Crippen molar-refractivity contribution in [2.75, 3.05) is 13.2 Å². The molecule has 8 heteroatoms. The number of benzene rings is 1. The summed E-state index contributed by atoms with van der Waals surface area (Å²) in [5.74, 6) is 5.52. The van der Waals surface area contributed by atoms with Crippen LogP contribution in [0.2, 0.25) is 0 Å². The molecule has 1 heterocycles. The second-order valence-corrected chi connectivity index (χ2v) is 6.32. The van der Waals surface area contributed by atoms with Crippen LogP contribution in [0.1, 0.15) is 32.3 Å². The maximum absolute atomic E-state index is 12.6. The lowest BCUT2D eigenvalue weighted by Crippen LogP contribution is -2.36. The minimum absolute atomic E-state index is 0.0972. The van der Waals surface area contributed by atoms with Gasteiger partial charge in [-0.15, -0.1) is 0 Å². The third-order valence-electron chi connectivity index (χ3n) is 4.36. The van der Waals surface area contributed by atoms with Crippen LogP contribution in [0.4, 0.5) is 4.39 Å². The van der Waals surface area contributed by atoms with E-state index in [1.807, 2.05) is 13.0 Å². The number of nitrogens with two attached hydrogens (primary N) is 3. The number of carbonyl (C=O) groups excluding carboxylic acids is 2. The molecule has 2 atom stereocenters. The van der Waals surface area contributed by atoms with Gasteiger partial charge in [0, 0.05) is 19.6 Å². The first-order chi connectivity index (χ1) is 12.8. The summed E-state index contributed by atoms with van der Waals surface area (Å²) in [7, 11) is 0. The number of Topliss-reactive ketones (excluding diaryl/α,β-unsaturated/α-hetero) is 1. The molecule has 0 radical (unpaired) electrons. The molecule has 2 unspecified atom stereocenters. The molecule has 27 heavy (non-hydrogen) atoms. The highest BCUT2D eigenvalue weighted by molar-refractivity contribution is 6.04. The molecule has 2 aliphatic rings. The molecule has 1 saturated carbocycles. The predicted molar refractivity (Wildman–Crippen MR) is 101 cm³/mol. The van der Waals surface area contributed by atoms with Crippen molar-refractivity contribution >= 4 is 11.7 Å². The molecule has 1 amide bonds. The van der Waals surface area contributed by atoms with Crippen LogP contribution in [-0.2, 0) is 20.7 Å². The molecule has 7 nitrogen and oxygen atoms in total. The number of rotatable bonds is 4. The summed E-state index contributed by atoms with van der Waals surface area (Å²) < 4.78 is 17.7. The van der Waals surface area contributed by atoms with Crippen LogP contribution < -0.4 is 22.7 Å². The molecule has 1 aromatic rings. The van der Waals surface area contributed by atoms with E-state index in [0.29, 0.717) is 0 Å². The van der Waals surface area contributed by atoms with E-state index in [1.165, 1.54) is 12.5 Å². The van der Waals surface area contributed by atoms with Gasteiger partial charge >= 0.3 is 0 Å². The second kappa shape index (κ2) is 11.3. The zero-order valence-corrected chi connectivity index (χ0v) is 15.8. The summed E-state index contributed by atoms with van der Waals surface area (Å²) in [6.07, 6.45) is 2.43. The van der Waals surface area contributed by atoms with E-state index in [0.717, 1.165) is 37.0 Å². The van der Waals surface area contributed by atoms with Gasteiger partial charge in [-0.3, -0.25) is 15.0 Å². The Hall–Kier alpha value is -2.45. The molecule has 2 fully saturated rings. The van der Waals surface area contributed by atoms with Gasteiger partial charge in [-0.2, -0.15) is 0 Å². The molecule has 1 aromatic carbocycles. The van der Waals surface area contributed by atoms with Crippen LogP contribution in [0.15, 0.2) is 35.7 Å². The van der Waals surface area contributed by atoms with Gasteiger partial charge in [-0.25, -0.2) is 10.2 Å². The Morgan fingerprint density at radius 3 is 2.07 bits per heavy atom. The normalized spacial score (nSPS) is 20.0. The maximum Gasteiger partial charge on any atom is 0.283 e. The van der Waals surface area contributed by atoms with Gasteiger partial charge in [0.1, 0.15) is 17.2 Å². The van der Waals surface area contributed by atoms with Crippen LogP contribution >= 0.6 is 0 Å². The minimum atomic E-state index is -0.755. The van der Waals surface area contributed by atoms with Crippen molar-refractivity contribution in [3.8, 4) is 0 Å². The Kier molecular flexibility index (Phi) is 9.46. The molecule has 3 rings (SSSR count). The van der Waals surface area contributed by atoms with Crippen molar-refractivity contribution in [1.82, 2.24) is 5.43 Å². The summed E-state index contributed by atoms with van der Waals surface area (Å²) in [4.78, 5) is 21.6. The van der Waals surface area contributed by atoms with Gasteiger partial charge in [0.25, 0.3) is 5.91 Å². The molecular weight excluding hydrogens is 351 g/mol. The third-order valence-corrected chi connectivity index (χ3v) is 4.36. The number of carbonyl (C=O) groups is 2. The monoisotopic (exact) mass is 380 g/mol. The van der Waals surface area contributed by atoms with E-state index in [4.69, 9.17) is 22.0 Å². The Labute approximate surface area is 159 Å². The fraction of sp³-hybridized carbons (Fsp3) is 0.474. The number of nitrogens with one attached hydrogen (secondary N) is 1.